The van der Waals surface area contributed by atoms with Crippen LogP contribution in [0.15, 0.2) is 42.5 Å². The Morgan fingerprint density at radius 3 is 2.44 bits per heavy atom. The van der Waals surface area contributed by atoms with Gasteiger partial charge in [0.25, 0.3) is 0 Å². The van der Waals surface area contributed by atoms with Gasteiger partial charge < -0.3 is 0 Å². The molecule has 0 atom stereocenters. The molecular weight excluding hydrogens is 328 g/mol. The van der Waals surface area contributed by atoms with Crippen molar-refractivity contribution in [3.05, 3.63) is 59.2 Å². The monoisotopic (exact) mass is 336 g/mol. The molecule has 0 spiro atoms. The number of fused-ring (bicyclic) bond motifs is 3. The molecule has 0 amide bonds. The maximum absolute atomic E-state index is 3.54. The summed E-state index contributed by atoms with van der Waals surface area (Å²) >= 11 is 7.09. The van der Waals surface area contributed by atoms with Crippen LogP contribution >= 0.6 is 31.9 Å². The van der Waals surface area contributed by atoms with E-state index < -0.39 is 0 Å². The summed E-state index contributed by atoms with van der Waals surface area (Å²) in [6.45, 7) is 0. The minimum Gasteiger partial charge on any atom is -0.0712 e. The molecule has 0 bridgehead atoms. The van der Waals surface area contributed by atoms with Gasteiger partial charge in [0.05, 0.1) is 3.74 Å². The average molecular weight is 338 g/mol. The second-order valence-electron chi connectivity index (χ2n) is 4.05. The zero-order valence-electron chi connectivity index (χ0n) is 8.58. The molecule has 0 unspecified atom stereocenters. The molecule has 0 aliphatic heterocycles. The molecule has 16 heavy (non-hydrogen) atoms. The Bertz CT molecular complexity index is 544. The smallest absolute Gasteiger partial charge is 0.0712 e. The van der Waals surface area contributed by atoms with E-state index in [1.54, 1.807) is 0 Å². The highest BCUT2D eigenvalue weighted by molar-refractivity contribution is 9.24. The quantitative estimate of drug-likeness (QED) is 0.545. The second-order valence-corrected chi connectivity index (χ2v) is 7.11. The molecule has 0 radical (unpaired) electrons. The highest BCUT2D eigenvalue weighted by Crippen LogP contribution is 2.39. The number of halogens is 2. The topological polar surface area (TPSA) is 0 Å². The van der Waals surface area contributed by atoms with Crippen LogP contribution in [-0.4, -0.2) is 0 Å². The van der Waals surface area contributed by atoms with Gasteiger partial charge >= 0.3 is 0 Å². The first-order valence-corrected chi connectivity index (χ1v) is 7.08. The van der Waals surface area contributed by atoms with Crippen LogP contribution in [0.25, 0.3) is 11.1 Å². The van der Waals surface area contributed by atoms with Crippen LogP contribution in [0.5, 0.6) is 0 Å². The lowest BCUT2D eigenvalue weighted by molar-refractivity contribution is 1.24. The van der Waals surface area contributed by atoms with Gasteiger partial charge in [0.1, 0.15) is 0 Å². The molecule has 1 aliphatic carbocycles. The Labute approximate surface area is 112 Å². The van der Waals surface area contributed by atoms with Crippen LogP contribution in [0.2, 0.25) is 0 Å². The van der Waals surface area contributed by atoms with Crippen LogP contribution in [0.1, 0.15) is 20.4 Å². The first kappa shape index (κ1) is 10.5. The highest BCUT2D eigenvalue weighted by Gasteiger charge is 2.18. The summed E-state index contributed by atoms with van der Waals surface area (Å²) in [5, 5.41) is 0. The van der Waals surface area contributed by atoms with Gasteiger partial charge in [-0.1, -0.05) is 74.3 Å². The van der Waals surface area contributed by atoms with E-state index >= 15 is 0 Å². The third-order valence-corrected chi connectivity index (χ3v) is 4.13. The van der Waals surface area contributed by atoms with Crippen molar-refractivity contribution in [2.45, 2.75) is 10.2 Å². The van der Waals surface area contributed by atoms with E-state index in [0.29, 0.717) is 0 Å². The van der Waals surface area contributed by atoms with Crippen molar-refractivity contribution >= 4 is 31.9 Å². The molecule has 0 saturated heterocycles. The molecule has 0 heterocycles. The first-order valence-electron chi connectivity index (χ1n) is 5.25. The third-order valence-electron chi connectivity index (χ3n) is 3.07. The molecule has 1 aliphatic rings. The molecule has 0 N–H and O–H groups in total. The summed E-state index contributed by atoms with van der Waals surface area (Å²) in [6, 6.07) is 15.3. The van der Waals surface area contributed by atoms with Crippen LogP contribution < -0.4 is 0 Å². The zero-order valence-corrected chi connectivity index (χ0v) is 11.8. The SMILES string of the molecule is BrC(Br)c1ccc2c(c1)Cc1ccccc1-2. The van der Waals surface area contributed by atoms with Crippen LogP contribution in [-0.2, 0) is 6.42 Å². The second kappa shape index (κ2) is 4.01. The van der Waals surface area contributed by atoms with Crippen molar-refractivity contribution in [2.24, 2.45) is 0 Å². The van der Waals surface area contributed by atoms with Crippen LogP contribution in [0.3, 0.4) is 0 Å². The summed E-state index contributed by atoms with van der Waals surface area (Å²) < 4.78 is 0.244. The summed E-state index contributed by atoms with van der Waals surface area (Å²) in [4.78, 5) is 0. The van der Waals surface area contributed by atoms with Crippen molar-refractivity contribution in [1.82, 2.24) is 0 Å². The first-order chi connectivity index (χ1) is 7.75. The van der Waals surface area contributed by atoms with Gasteiger partial charge in [-0.25, -0.2) is 0 Å². The molecule has 2 aromatic rings. The van der Waals surface area contributed by atoms with Gasteiger partial charge in [0, 0.05) is 0 Å². The number of alkyl halides is 2. The van der Waals surface area contributed by atoms with Crippen molar-refractivity contribution < 1.29 is 0 Å². The lowest BCUT2D eigenvalue weighted by atomic mass is 10.0. The van der Waals surface area contributed by atoms with E-state index in [-0.39, 0.29) is 3.74 Å². The summed E-state index contributed by atoms with van der Waals surface area (Å²) in [5.41, 5.74) is 6.94. The fraction of sp³-hybridized carbons (Fsp3) is 0.143. The third kappa shape index (κ3) is 1.64. The Morgan fingerprint density at radius 1 is 0.875 bits per heavy atom. The Hall–Kier alpha value is -0.600. The fourth-order valence-corrected chi connectivity index (χ4v) is 2.87. The normalized spacial score (nSPS) is 12.7. The summed E-state index contributed by atoms with van der Waals surface area (Å²) in [5.74, 6) is 0. The van der Waals surface area contributed by atoms with Gasteiger partial charge in [0.15, 0.2) is 0 Å². The summed E-state index contributed by atoms with van der Waals surface area (Å²) in [6.07, 6.45) is 1.06. The Morgan fingerprint density at radius 2 is 1.62 bits per heavy atom. The van der Waals surface area contributed by atoms with E-state index in [1.807, 2.05) is 0 Å². The number of hydrogen-bond acceptors (Lipinski definition) is 0. The maximum Gasteiger partial charge on any atom is 0.0946 e. The lowest BCUT2D eigenvalue weighted by Gasteiger charge is -2.05. The van der Waals surface area contributed by atoms with Crippen molar-refractivity contribution in [2.75, 3.05) is 0 Å². The average Bonchev–Trinajstić information content (AvgIpc) is 2.66. The number of hydrogen-bond donors (Lipinski definition) is 0. The van der Waals surface area contributed by atoms with E-state index in [1.165, 1.54) is 27.8 Å². The molecule has 0 aromatic heterocycles. The molecule has 0 fully saturated rings. The van der Waals surface area contributed by atoms with Gasteiger partial charge in [-0.2, -0.15) is 0 Å². The molecule has 80 valence electrons. The lowest BCUT2D eigenvalue weighted by Crippen LogP contribution is -1.85. The maximum atomic E-state index is 3.54. The van der Waals surface area contributed by atoms with E-state index in [2.05, 4.69) is 74.3 Å². The Kier molecular flexibility index (Phi) is 2.64. The van der Waals surface area contributed by atoms with Crippen LogP contribution in [0.4, 0.5) is 0 Å². The fourth-order valence-electron chi connectivity index (χ4n) is 2.30. The molecule has 2 heteroatoms. The predicted octanol–water partition coefficient (Wildman–Crippen LogP) is 5.05. The number of benzene rings is 2. The van der Waals surface area contributed by atoms with Gasteiger partial charge in [-0.15, -0.1) is 0 Å². The van der Waals surface area contributed by atoms with Gasteiger partial charge in [-0.05, 0) is 34.2 Å². The minimum absolute atomic E-state index is 0.244. The van der Waals surface area contributed by atoms with Crippen molar-refractivity contribution in [3.8, 4) is 11.1 Å². The minimum atomic E-state index is 0.244. The van der Waals surface area contributed by atoms with Crippen molar-refractivity contribution in [1.29, 1.82) is 0 Å². The largest absolute Gasteiger partial charge is 0.0946 e. The summed E-state index contributed by atoms with van der Waals surface area (Å²) in [7, 11) is 0. The van der Waals surface area contributed by atoms with Crippen LogP contribution in [0, 0.1) is 0 Å². The molecule has 0 nitrogen and oxygen atoms in total. The van der Waals surface area contributed by atoms with E-state index in [0.717, 1.165) is 6.42 Å². The molecule has 3 rings (SSSR count). The van der Waals surface area contributed by atoms with E-state index in [9.17, 15) is 0 Å². The van der Waals surface area contributed by atoms with E-state index in [4.69, 9.17) is 0 Å². The molecule has 0 saturated carbocycles. The zero-order chi connectivity index (χ0) is 11.1. The number of rotatable bonds is 1. The Balaban J connectivity index is 2.14. The predicted molar refractivity (Wildman–Crippen MR) is 75.3 cm³/mol. The van der Waals surface area contributed by atoms with Gasteiger partial charge in [0.2, 0.25) is 0 Å². The highest BCUT2D eigenvalue weighted by atomic mass is 79.9. The molecule has 2 aromatic carbocycles. The molecular formula is C14H10Br2. The van der Waals surface area contributed by atoms with Gasteiger partial charge in [-0.3, -0.25) is 0 Å². The van der Waals surface area contributed by atoms with Crippen molar-refractivity contribution in [3.63, 3.8) is 0 Å². The standard InChI is InChI=1S/C14H10Br2/c15-14(16)10-5-6-13-11(8-10)7-9-3-1-2-4-12(9)13/h1-6,8,14H,7H2.